The normalized spacial score (nSPS) is 14.0. The summed E-state index contributed by atoms with van der Waals surface area (Å²) >= 11 is 0. The molecular weight excluding hydrogens is 172 g/mol. The Morgan fingerprint density at radius 3 is 2.36 bits per heavy atom. The first-order valence-electron chi connectivity index (χ1n) is 5.07. The summed E-state index contributed by atoms with van der Waals surface area (Å²) < 4.78 is 0. The van der Waals surface area contributed by atoms with Crippen molar-refractivity contribution >= 4 is 0 Å². The lowest BCUT2D eigenvalue weighted by Gasteiger charge is -2.29. The van der Waals surface area contributed by atoms with E-state index in [0.717, 1.165) is 6.42 Å². The van der Waals surface area contributed by atoms with Gasteiger partial charge in [-0.1, -0.05) is 51.1 Å². The van der Waals surface area contributed by atoms with E-state index in [4.69, 9.17) is 0 Å². The van der Waals surface area contributed by atoms with Crippen LogP contribution in [0.4, 0.5) is 0 Å². The molecule has 1 aromatic carbocycles. The molecule has 1 radical (unpaired) electrons. The third-order valence-electron chi connectivity index (χ3n) is 2.68. The maximum atomic E-state index is 9.78. The second-order valence-corrected chi connectivity index (χ2v) is 4.46. The van der Waals surface area contributed by atoms with Crippen LogP contribution in [0.1, 0.15) is 25.8 Å². The predicted octanol–water partition coefficient (Wildman–Crippen LogP) is 2.84. The van der Waals surface area contributed by atoms with Crippen molar-refractivity contribution in [3.8, 4) is 0 Å². The lowest BCUT2D eigenvalue weighted by atomic mass is 9.79. The summed E-state index contributed by atoms with van der Waals surface area (Å²) in [5.74, 6) is 0. The molecule has 1 N–H and O–H groups in total. The Morgan fingerprint density at radius 2 is 1.86 bits per heavy atom. The van der Waals surface area contributed by atoms with Crippen molar-refractivity contribution in [2.75, 3.05) is 0 Å². The third kappa shape index (κ3) is 2.85. The van der Waals surface area contributed by atoms with Crippen molar-refractivity contribution < 1.29 is 5.11 Å². The summed E-state index contributed by atoms with van der Waals surface area (Å²) in [7, 11) is 0. The number of aliphatic hydroxyl groups is 1. The molecule has 0 amide bonds. The van der Waals surface area contributed by atoms with Crippen LogP contribution >= 0.6 is 0 Å². The minimum Gasteiger partial charge on any atom is -0.393 e. The molecule has 0 spiro atoms. The van der Waals surface area contributed by atoms with Gasteiger partial charge in [-0.15, -0.1) is 0 Å². The van der Waals surface area contributed by atoms with Crippen LogP contribution in [-0.4, -0.2) is 11.2 Å². The van der Waals surface area contributed by atoms with Crippen LogP contribution in [0, 0.1) is 12.3 Å². The van der Waals surface area contributed by atoms with Gasteiger partial charge >= 0.3 is 0 Å². The minimum atomic E-state index is -0.331. The van der Waals surface area contributed by atoms with E-state index in [-0.39, 0.29) is 11.5 Å². The van der Waals surface area contributed by atoms with Crippen LogP contribution in [0.2, 0.25) is 0 Å². The molecule has 1 heteroatoms. The van der Waals surface area contributed by atoms with Crippen molar-refractivity contribution in [3.05, 3.63) is 42.8 Å². The number of rotatable bonds is 4. The van der Waals surface area contributed by atoms with Crippen LogP contribution in [0.5, 0.6) is 0 Å². The van der Waals surface area contributed by atoms with Crippen molar-refractivity contribution in [2.45, 2.75) is 32.8 Å². The van der Waals surface area contributed by atoms with Gasteiger partial charge in [0, 0.05) is 0 Å². The summed E-state index contributed by atoms with van der Waals surface area (Å²) in [5, 5.41) is 9.78. The molecule has 0 heterocycles. The van der Waals surface area contributed by atoms with Crippen molar-refractivity contribution in [3.63, 3.8) is 0 Å². The molecule has 0 saturated carbocycles. The monoisotopic (exact) mass is 191 g/mol. The fraction of sp³-hybridized carbons (Fsp3) is 0.462. The van der Waals surface area contributed by atoms with Gasteiger partial charge in [0.1, 0.15) is 0 Å². The lowest BCUT2D eigenvalue weighted by molar-refractivity contribution is 0.0524. The average molecular weight is 191 g/mol. The van der Waals surface area contributed by atoms with Crippen LogP contribution in [0.15, 0.2) is 30.3 Å². The van der Waals surface area contributed by atoms with Gasteiger partial charge < -0.3 is 5.11 Å². The first-order valence-corrected chi connectivity index (χ1v) is 5.07. The highest BCUT2D eigenvalue weighted by atomic mass is 16.3. The van der Waals surface area contributed by atoms with Crippen LogP contribution in [0.25, 0.3) is 0 Å². The van der Waals surface area contributed by atoms with Crippen LogP contribution < -0.4 is 0 Å². The summed E-state index contributed by atoms with van der Waals surface area (Å²) in [6.07, 6.45) is 1.13. The molecule has 0 saturated heterocycles. The Morgan fingerprint density at radius 1 is 1.29 bits per heavy atom. The molecule has 1 unspecified atom stereocenters. The molecular formula is C13H19O. The molecule has 14 heavy (non-hydrogen) atoms. The average Bonchev–Trinajstić information content (AvgIpc) is 2.17. The van der Waals surface area contributed by atoms with Gasteiger partial charge in [0.25, 0.3) is 0 Å². The lowest BCUT2D eigenvalue weighted by Crippen LogP contribution is -2.30. The first kappa shape index (κ1) is 11.3. The molecule has 1 rings (SSSR count). The van der Waals surface area contributed by atoms with Crippen LogP contribution in [0.3, 0.4) is 0 Å². The van der Waals surface area contributed by atoms with E-state index in [1.807, 2.05) is 18.2 Å². The van der Waals surface area contributed by atoms with Gasteiger partial charge in [-0.2, -0.15) is 0 Å². The van der Waals surface area contributed by atoms with E-state index in [0.29, 0.717) is 6.42 Å². The molecule has 0 aliphatic heterocycles. The summed E-state index contributed by atoms with van der Waals surface area (Å²) in [6, 6.07) is 10.3. The minimum absolute atomic E-state index is 0.0941. The van der Waals surface area contributed by atoms with E-state index in [2.05, 4.69) is 32.9 Å². The third-order valence-corrected chi connectivity index (χ3v) is 2.68. The Hall–Kier alpha value is -0.820. The van der Waals surface area contributed by atoms with Crippen molar-refractivity contribution in [1.82, 2.24) is 0 Å². The molecule has 0 aliphatic rings. The zero-order valence-electron chi connectivity index (χ0n) is 9.03. The summed E-state index contributed by atoms with van der Waals surface area (Å²) in [4.78, 5) is 0. The van der Waals surface area contributed by atoms with Gasteiger partial charge in [-0.05, 0) is 23.8 Å². The number of hydrogen-bond acceptors (Lipinski definition) is 1. The smallest absolute Gasteiger partial charge is 0.0594 e. The standard InChI is InChI=1S/C13H19O/c1-4-12(14)13(2,3)10-11-8-6-5-7-9-11/h5-9,12,14H,1,4,10H2,2-3H3. The molecule has 1 atom stereocenters. The zero-order chi connectivity index (χ0) is 10.6. The Kier molecular flexibility index (Phi) is 3.70. The zero-order valence-corrected chi connectivity index (χ0v) is 9.03. The fourth-order valence-electron chi connectivity index (χ4n) is 1.63. The molecule has 0 aromatic heterocycles. The van der Waals surface area contributed by atoms with Gasteiger partial charge in [0.05, 0.1) is 6.10 Å². The highest BCUT2D eigenvalue weighted by Crippen LogP contribution is 2.27. The Balaban J connectivity index is 2.68. The van der Waals surface area contributed by atoms with Crippen molar-refractivity contribution in [2.24, 2.45) is 5.41 Å². The Labute approximate surface area is 86.8 Å². The number of benzene rings is 1. The second-order valence-electron chi connectivity index (χ2n) is 4.46. The van der Waals surface area contributed by atoms with E-state index in [9.17, 15) is 5.11 Å². The summed E-state index contributed by atoms with van der Waals surface area (Å²) in [6.45, 7) is 7.90. The maximum Gasteiger partial charge on any atom is 0.0594 e. The molecule has 77 valence electrons. The van der Waals surface area contributed by atoms with Crippen LogP contribution in [-0.2, 0) is 6.42 Å². The van der Waals surface area contributed by atoms with Gasteiger partial charge in [0.15, 0.2) is 0 Å². The highest BCUT2D eigenvalue weighted by molar-refractivity contribution is 5.16. The van der Waals surface area contributed by atoms with Gasteiger partial charge in [0.2, 0.25) is 0 Å². The molecule has 1 aromatic rings. The molecule has 0 bridgehead atoms. The van der Waals surface area contributed by atoms with E-state index >= 15 is 0 Å². The maximum absolute atomic E-state index is 9.78. The second kappa shape index (κ2) is 4.61. The Bertz CT molecular complexity index is 264. The predicted molar refractivity (Wildman–Crippen MR) is 59.9 cm³/mol. The summed E-state index contributed by atoms with van der Waals surface area (Å²) in [5.41, 5.74) is 1.17. The first-order chi connectivity index (χ1) is 6.56. The van der Waals surface area contributed by atoms with Gasteiger partial charge in [-0.3, -0.25) is 0 Å². The van der Waals surface area contributed by atoms with Gasteiger partial charge in [-0.25, -0.2) is 0 Å². The topological polar surface area (TPSA) is 20.2 Å². The highest BCUT2D eigenvalue weighted by Gasteiger charge is 2.26. The molecule has 1 nitrogen and oxygen atoms in total. The number of aliphatic hydroxyl groups excluding tert-OH is 1. The van der Waals surface area contributed by atoms with E-state index < -0.39 is 0 Å². The van der Waals surface area contributed by atoms with E-state index in [1.165, 1.54) is 5.56 Å². The largest absolute Gasteiger partial charge is 0.393 e. The fourth-order valence-corrected chi connectivity index (χ4v) is 1.63. The van der Waals surface area contributed by atoms with Crippen molar-refractivity contribution in [1.29, 1.82) is 0 Å². The quantitative estimate of drug-likeness (QED) is 0.776. The SMILES string of the molecule is [CH2]CC(O)C(C)(C)Cc1ccccc1. The van der Waals surface area contributed by atoms with E-state index in [1.54, 1.807) is 0 Å². The molecule has 0 fully saturated rings. The number of hydrogen-bond donors (Lipinski definition) is 1. The molecule has 0 aliphatic carbocycles.